The number of nitrogens with zero attached hydrogens (tertiary/aromatic N) is 2. The summed E-state index contributed by atoms with van der Waals surface area (Å²) in [7, 11) is 0. The van der Waals surface area contributed by atoms with Crippen molar-refractivity contribution < 1.29 is 9.63 Å². The number of carbonyl (C=O) groups is 1. The molecule has 4 aliphatic carbocycles. The molecule has 0 spiro atoms. The Labute approximate surface area is 162 Å². The zero-order valence-corrected chi connectivity index (χ0v) is 16.5. The molecular weight excluding hydrogens is 336 g/mol. The molecule has 1 radical (unpaired) electrons. The summed E-state index contributed by atoms with van der Waals surface area (Å²) in [6, 6.07) is 2.42. The van der Waals surface area contributed by atoms with Gasteiger partial charge in [0, 0.05) is 13.3 Å². The molecule has 4 aliphatic rings. The molecule has 143 valence electrons. The van der Waals surface area contributed by atoms with E-state index in [1.54, 1.807) is 11.1 Å². The van der Waals surface area contributed by atoms with Gasteiger partial charge in [0.2, 0.25) is 0 Å². The Hall–Kier alpha value is -1.89. The van der Waals surface area contributed by atoms with E-state index in [4.69, 9.17) is 4.84 Å². The van der Waals surface area contributed by atoms with Gasteiger partial charge in [-0.25, -0.2) is 4.79 Å². The van der Waals surface area contributed by atoms with Gasteiger partial charge in [0.25, 0.3) is 0 Å². The van der Waals surface area contributed by atoms with Crippen molar-refractivity contribution in [3.05, 3.63) is 29.7 Å². The van der Waals surface area contributed by atoms with Gasteiger partial charge >= 0.3 is 5.97 Å². The van der Waals surface area contributed by atoms with Gasteiger partial charge < -0.3 is 4.84 Å². The Morgan fingerprint density at radius 3 is 2.89 bits per heavy atom. The molecule has 4 heteroatoms. The number of hydrogen-bond donors (Lipinski definition) is 0. The summed E-state index contributed by atoms with van der Waals surface area (Å²) in [6.07, 6.45) is 11.4. The number of allylic oxidation sites excluding steroid dienone is 4. The Bertz CT molecular complexity index is 800. The lowest BCUT2D eigenvalue weighted by atomic mass is 9.52. The van der Waals surface area contributed by atoms with E-state index in [0.29, 0.717) is 18.3 Å². The zero-order chi connectivity index (χ0) is 19.2. The first-order valence-corrected chi connectivity index (χ1v) is 10.3. The van der Waals surface area contributed by atoms with E-state index in [0.717, 1.165) is 44.2 Å². The first kappa shape index (κ1) is 18.5. The smallest absolute Gasteiger partial charge is 0.318 e. The van der Waals surface area contributed by atoms with Crippen LogP contribution >= 0.6 is 0 Å². The highest BCUT2D eigenvalue weighted by molar-refractivity contribution is 5.97. The molecule has 0 N–H and O–H groups in total. The van der Waals surface area contributed by atoms with Crippen molar-refractivity contribution in [2.75, 3.05) is 0 Å². The fourth-order valence-electron chi connectivity index (χ4n) is 6.41. The van der Waals surface area contributed by atoms with E-state index >= 15 is 0 Å². The first-order chi connectivity index (χ1) is 12.9. The normalized spacial score (nSPS) is 39.2. The molecule has 0 aromatic heterocycles. The van der Waals surface area contributed by atoms with Crippen molar-refractivity contribution in [1.29, 1.82) is 5.26 Å². The predicted octanol–water partition coefficient (Wildman–Crippen LogP) is 5.28. The Morgan fingerprint density at radius 2 is 2.15 bits per heavy atom. The number of oxime groups is 1. The van der Waals surface area contributed by atoms with E-state index in [9.17, 15) is 10.1 Å². The van der Waals surface area contributed by atoms with E-state index in [1.807, 2.05) is 0 Å². The van der Waals surface area contributed by atoms with Crippen molar-refractivity contribution in [2.24, 2.45) is 27.8 Å². The second kappa shape index (κ2) is 6.62. The highest BCUT2D eigenvalue weighted by Gasteiger charge is 2.58. The average molecular weight is 365 g/mol. The summed E-state index contributed by atoms with van der Waals surface area (Å²) in [4.78, 5) is 15.8. The fraction of sp³-hybridized carbons (Fsp3) is 0.652. The zero-order valence-electron chi connectivity index (χ0n) is 16.5. The summed E-state index contributed by atoms with van der Waals surface area (Å²) >= 11 is 0. The van der Waals surface area contributed by atoms with Crippen LogP contribution in [0.5, 0.6) is 0 Å². The van der Waals surface area contributed by atoms with Crippen molar-refractivity contribution in [2.45, 2.75) is 71.6 Å². The SMILES string of the molecule is [CH2][C@@]1(CC#N)CCC2C3CCC4=CC(=NOC(C)=O)CCC4=C3CC[C@@]21C. The molecule has 2 fully saturated rings. The molecule has 0 amide bonds. The third-order valence-electron chi connectivity index (χ3n) is 7.99. The minimum absolute atomic E-state index is 0.0743. The minimum Gasteiger partial charge on any atom is -0.318 e. The molecule has 0 bridgehead atoms. The van der Waals surface area contributed by atoms with Gasteiger partial charge in [-0.1, -0.05) is 17.7 Å². The third kappa shape index (κ3) is 2.87. The monoisotopic (exact) mass is 365 g/mol. The quantitative estimate of drug-likeness (QED) is 0.494. The highest BCUT2D eigenvalue weighted by atomic mass is 16.7. The second-order valence-electron chi connectivity index (χ2n) is 9.16. The van der Waals surface area contributed by atoms with Crippen LogP contribution in [0.15, 0.2) is 28.0 Å². The maximum Gasteiger partial charge on any atom is 0.331 e. The fourth-order valence-corrected chi connectivity index (χ4v) is 6.41. The lowest BCUT2D eigenvalue weighted by Crippen LogP contribution is -2.44. The number of hydrogen-bond acceptors (Lipinski definition) is 4. The molecule has 2 saturated carbocycles. The number of rotatable bonds is 2. The Kier molecular flexibility index (Phi) is 4.53. The number of nitriles is 1. The maximum absolute atomic E-state index is 11.0. The van der Waals surface area contributed by atoms with E-state index < -0.39 is 0 Å². The van der Waals surface area contributed by atoms with Crippen LogP contribution in [-0.2, 0) is 9.63 Å². The van der Waals surface area contributed by atoms with Gasteiger partial charge in [-0.3, -0.25) is 0 Å². The van der Waals surface area contributed by atoms with Crippen LogP contribution in [0.2, 0.25) is 0 Å². The van der Waals surface area contributed by atoms with E-state index in [-0.39, 0.29) is 16.8 Å². The van der Waals surface area contributed by atoms with Gasteiger partial charge in [-0.05, 0) is 98.2 Å². The molecular formula is C23H29N2O2. The second-order valence-corrected chi connectivity index (χ2v) is 9.16. The minimum atomic E-state index is -0.365. The Balaban J connectivity index is 1.63. The predicted molar refractivity (Wildman–Crippen MR) is 104 cm³/mol. The molecule has 0 saturated heterocycles. The van der Waals surface area contributed by atoms with Crippen LogP contribution in [0.4, 0.5) is 0 Å². The maximum atomic E-state index is 11.0. The highest BCUT2D eigenvalue weighted by Crippen LogP contribution is 2.67. The van der Waals surface area contributed by atoms with Gasteiger partial charge in [0.05, 0.1) is 11.8 Å². The van der Waals surface area contributed by atoms with Crippen LogP contribution < -0.4 is 0 Å². The third-order valence-corrected chi connectivity index (χ3v) is 7.99. The number of fused-ring (bicyclic) bond motifs is 4. The number of carbonyl (C=O) groups excluding carboxylic acids is 1. The summed E-state index contributed by atoms with van der Waals surface area (Å²) in [5, 5.41) is 13.3. The lowest BCUT2D eigenvalue weighted by Gasteiger charge is -2.52. The largest absolute Gasteiger partial charge is 0.331 e. The summed E-state index contributed by atoms with van der Waals surface area (Å²) in [6.45, 7) is 8.36. The molecule has 27 heavy (non-hydrogen) atoms. The van der Waals surface area contributed by atoms with Crippen molar-refractivity contribution >= 4 is 11.7 Å². The molecule has 4 atom stereocenters. The Morgan fingerprint density at radius 1 is 1.33 bits per heavy atom. The van der Waals surface area contributed by atoms with Crippen LogP contribution in [-0.4, -0.2) is 11.7 Å². The van der Waals surface area contributed by atoms with E-state index in [1.165, 1.54) is 25.3 Å². The summed E-state index contributed by atoms with van der Waals surface area (Å²) in [5.41, 5.74) is 5.62. The molecule has 0 aromatic rings. The van der Waals surface area contributed by atoms with Gasteiger partial charge in [-0.15, -0.1) is 0 Å². The van der Waals surface area contributed by atoms with Gasteiger partial charge in [0.1, 0.15) is 0 Å². The molecule has 2 unspecified atom stereocenters. The molecule has 0 aliphatic heterocycles. The van der Waals surface area contributed by atoms with Gasteiger partial charge in [-0.2, -0.15) is 5.26 Å². The van der Waals surface area contributed by atoms with Crippen molar-refractivity contribution in [3.63, 3.8) is 0 Å². The van der Waals surface area contributed by atoms with E-state index in [2.05, 4.69) is 31.1 Å². The van der Waals surface area contributed by atoms with Crippen molar-refractivity contribution in [1.82, 2.24) is 0 Å². The molecule has 4 rings (SSSR count). The van der Waals surface area contributed by atoms with Gasteiger partial charge in [0.15, 0.2) is 0 Å². The lowest BCUT2D eigenvalue weighted by molar-refractivity contribution is -0.140. The molecule has 0 aromatic carbocycles. The first-order valence-electron chi connectivity index (χ1n) is 10.3. The van der Waals surface area contributed by atoms with Crippen LogP contribution in [0.1, 0.15) is 71.6 Å². The summed E-state index contributed by atoms with van der Waals surface area (Å²) < 4.78 is 0. The van der Waals surface area contributed by atoms with Crippen molar-refractivity contribution in [3.8, 4) is 6.07 Å². The topological polar surface area (TPSA) is 62.4 Å². The van der Waals surface area contributed by atoms with Crippen LogP contribution in [0.3, 0.4) is 0 Å². The van der Waals surface area contributed by atoms with Crippen LogP contribution in [0, 0.1) is 40.9 Å². The summed E-state index contributed by atoms with van der Waals surface area (Å²) in [5.74, 6) is 0.957. The molecule has 0 heterocycles. The standard InChI is InChI=1S/C23H29N2O2/c1-15(26)27-25-17-5-7-18-16(14-17)4-6-20-19(18)8-11-23(3)21(20)9-10-22(23,2)12-13-24/h14,20-21H,2,4-12H2,1,3H3/t20?,21?,22-,23-/m0/s1. The van der Waals surface area contributed by atoms with Crippen LogP contribution in [0.25, 0.3) is 0 Å². The molecule has 4 nitrogen and oxygen atoms in total. The average Bonchev–Trinajstić information content (AvgIpc) is 2.91.